The second-order valence-electron chi connectivity index (χ2n) is 7.64. The summed E-state index contributed by atoms with van der Waals surface area (Å²) >= 11 is 5.89. The van der Waals surface area contributed by atoms with Crippen LogP contribution in [0.5, 0.6) is 0 Å². The van der Waals surface area contributed by atoms with E-state index in [0.29, 0.717) is 48.4 Å². The summed E-state index contributed by atoms with van der Waals surface area (Å²) < 4.78 is 11.6. The molecule has 0 amide bonds. The summed E-state index contributed by atoms with van der Waals surface area (Å²) in [7, 11) is 1.57. The van der Waals surface area contributed by atoms with Crippen LogP contribution in [-0.2, 0) is 19.9 Å². The first-order chi connectivity index (χ1) is 15.0. The molecule has 2 aromatic carbocycles. The van der Waals surface area contributed by atoms with E-state index in [1.165, 1.54) is 0 Å². The van der Waals surface area contributed by atoms with Crippen molar-refractivity contribution >= 4 is 29.9 Å². The van der Waals surface area contributed by atoms with Crippen LogP contribution in [0.3, 0.4) is 0 Å². The van der Waals surface area contributed by atoms with Gasteiger partial charge in [0.05, 0.1) is 5.56 Å². The second-order valence-corrected chi connectivity index (χ2v) is 8.07. The Labute approximate surface area is 185 Å². The first kappa shape index (κ1) is 21.3. The summed E-state index contributed by atoms with van der Waals surface area (Å²) in [4.78, 5) is 30.0. The fourth-order valence-corrected chi connectivity index (χ4v) is 4.31. The maximum absolute atomic E-state index is 12.3. The zero-order chi connectivity index (χ0) is 22.0. The van der Waals surface area contributed by atoms with E-state index < -0.39 is 17.8 Å². The number of benzene rings is 2. The molecule has 2 aromatic rings. The molecule has 0 aromatic heterocycles. The molecule has 4 rings (SSSR count). The first-order valence-electron chi connectivity index (χ1n) is 10.1. The molecule has 0 bridgehead atoms. The Kier molecular flexibility index (Phi) is 5.98. The van der Waals surface area contributed by atoms with Crippen molar-refractivity contribution in [3.8, 4) is 0 Å². The maximum Gasteiger partial charge on any atom is 0.339 e. The van der Waals surface area contributed by atoms with Gasteiger partial charge in [0, 0.05) is 43.6 Å². The van der Waals surface area contributed by atoms with Gasteiger partial charge in [-0.1, -0.05) is 41.9 Å². The van der Waals surface area contributed by atoms with Crippen LogP contribution in [-0.4, -0.2) is 54.5 Å². The molecule has 2 unspecified atom stereocenters. The molecular formula is C23H23ClN2O5. The highest BCUT2D eigenvalue weighted by Gasteiger charge is 2.47. The Morgan fingerprint density at radius 2 is 1.90 bits per heavy atom. The number of ether oxygens (including phenoxy) is 2. The number of aliphatic imine (C=N–C) groups is 1. The van der Waals surface area contributed by atoms with Crippen LogP contribution in [0, 0.1) is 0 Å². The van der Waals surface area contributed by atoms with Gasteiger partial charge in [0.15, 0.2) is 12.4 Å². The summed E-state index contributed by atoms with van der Waals surface area (Å²) in [5.41, 5.74) is 1.41. The number of halogens is 1. The number of aliphatic hydroxyl groups excluding tert-OH is 1. The van der Waals surface area contributed by atoms with Crippen LogP contribution >= 0.6 is 11.6 Å². The van der Waals surface area contributed by atoms with Gasteiger partial charge in [-0.15, -0.1) is 0 Å². The highest BCUT2D eigenvalue weighted by Crippen LogP contribution is 2.44. The number of aldehydes is 1. The summed E-state index contributed by atoms with van der Waals surface area (Å²) in [5.74, 6) is -0.295. The number of hydrogen-bond acceptors (Lipinski definition) is 6. The number of piperidine rings is 1. The minimum Gasteiger partial charge on any atom is -0.451 e. The SMILES string of the molecule is CN=C(OC(C=O)C(O)c1ccc(Cl)cc1)N1CCC2(CC1)OC(=O)c1ccccc12. The van der Waals surface area contributed by atoms with Crippen LogP contribution in [0.2, 0.25) is 5.02 Å². The van der Waals surface area contributed by atoms with E-state index in [2.05, 4.69) is 4.99 Å². The van der Waals surface area contributed by atoms with E-state index in [1.54, 1.807) is 37.4 Å². The predicted octanol–water partition coefficient (Wildman–Crippen LogP) is 3.11. The number of hydrogen-bond donors (Lipinski definition) is 1. The highest BCUT2D eigenvalue weighted by atomic mass is 35.5. The molecule has 2 aliphatic heterocycles. The molecule has 31 heavy (non-hydrogen) atoms. The molecule has 2 atom stereocenters. The lowest BCUT2D eigenvalue weighted by atomic mass is 9.84. The topological polar surface area (TPSA) is 88.4 Å². The Balaban J connectivity index is 1.44. The molecule has 0 saturated carbocycles. The molecule has 1 N–H and O–H groups in total. The maximum atomic E-state index is 12.3. The number of carbonyl (C=O) groups excluding carboxylic acids is 2. The summed E-state index contributed by atoms with van der Waals surface area (Å²) in [6, 6.07) is 14.3. The van der Waals surface area contributed by atoms with Crippen LogP contribution in [0.4, 0.5) is 0 Å². The molecule has 7 nitrogen and oxygen atoms in total. The van der Waals surface area contributed by atoms with Crippen molar-refractivity contribution in [2.45, 2.75) is 30.7 Å². The normalized spacial score (nSPS) is 19.5. The molecule has 1 spiro atoms. The lowest BCUT2D eigenvalue weighted by molar-refractivity contribution is -0.120. The summed E-state index contributed by atoms with van der Waals surface area (Å²) in [5, 5.41) is 11.1. The number of fused-ring (bicyclic) bond motifs is 2. The van der Waals surface area contributed by atoms with Crippen molar-refractivity contribution in [2.75, 3.05) is 20.1 Å². The third-order valence-electron chi connectivity index (χ3n) is 5.86. The molecule has 1 fully saturated rings. The molecular weight excluding hydrogens is 420 g/mol. The van der Waals surface area contributed by atoms with Crippen LogP contribution in [0.15, 0.2) is 53.5 Å². The van der Waals surface area contributed by atoms with E-state index in [1.807, 2.05) is 23.1 Å². The Morgan fingerprint density at radius 1 is 1.23 bits per heavy atom. The molecule has 1 saturated heterocycles. The van der Waals surface area contributed by atoms with Crippen LogP contribution < -0.4 is 0 Å². The lowest BCUT2D eigenvalue weighted by Crippen LogP contribution is -2.47. The number of esters is 1. The summed E-state index contributed by atoms with van der Waals surface area (Å²) in [6.45, 7) is 1.05. The van der Waals surface area contributed by atoms with Crippen molar-refractivity contribution in [1.82, 2.24) is 4.90 Å². The largest absolute Gasteiger partial charge is 0.451 e. The molecule has 0 aliphatic carbocycles. The minimum atomic E-state index is -1.16. The van der Waals surface area contributed by atoms with Gasteiger partial charge in [0.2, 0.25) is 0 Å². The Morgan fingerprint density at radius 3 is 2.55 bits per heavy atom. The fraction of sp³-hybridized carbons (Fsp3) is 0.348. The number of carbonyl (C=O) groups is 2. The molecule has 2 heterocycles. The van der Waals surface area contributed by atoms with Gasteiger partial charge in [-0.3, -0.25) is 4.79 Å². The number of rotatable bonds is 4. The van der Waals surface area contributed by atoms with E-state index in [-0.39, 0.29) is 12.0 Å². The average Bonchev–Trinajstić information content (AvgIpc) is 3.07. The number of amidine groups is 1. The summed E-state index contributed by atoms with van der Waals surface area (Å²) in [6.07, 6.45) is -0.580. The first-order valence-corrected chi connectivity index (χ1v) is 10.5. The van der Waals surface area contributed by atoms with Gasteiger partial charge in [-0.05, 0) is 23.8 Å². The van der Waals surface area contributed by atoms with Crippen LogP contribution in [0.25, 0.3) is 0 Å². The molecule has 2 aliphatic rings. The van der Waals surface area contributed by atoms with Crippen molar-refractivity contribution in [3.63, 3.8) is 0 Å². The predicted molar refractivity (Wildman–Crippen MR) is 115 cm³/mol. The third-order valence-corrected chi connectivity index (χ3v) is 6.11. The van der Waals surface area contributed by atoms with Gasteiger partial charge < -0.3 is 19.5 Å². The van der Waals surface area contributed by atoms with Gasteiger partial charge >= 0.3 is 5.97 Å². The standard InChI is InChI=1S/C23H23ClN2O5/c1-25-22(30-19(14-27)20(28)15-6-8-16(24)9-7-15)26-12-10-23(11-13-26)18-5-3-2-4-17(18)21(29)31-23/h2-9,14,19-20,28H,10-13H2,1H3. The third kappa shape index (κ3) is 4.03. The highest BCUT2D eigenvalue weighted by molar-refractivity contribution is 6.30. The fourth-order valence-electron chi connectivity index (χ4n) is 4.18. The van der Waals surface area contributed by atoms with E-state index in [4.69, 9.17) is 21.1 Å². The monoisotopic (exact) mass is 442 g/mol. The number of aliphatic hydroxyl groups is 1. The van der Waals surface area contributed by atoms with Gasteiger partial charge in [0.25, 0.3) is 6.02 Å². The number of nitrogens with zero attached hydrogens (tertiary/aromatic N) is 2. The van der Waals surface area contributed by atoms with Crippen molar-refractivity contribution in [3.05, 3.63) is 70.2 Å². The average molecular weight is 443 g/mol. The van der Waals surface area contributed by atoms with Crippen molar-refractivity contribution in [1.29, 1.82) is 0 Å². The number of likely N-dealkylation sites (tertiary alicyclic amines) is 1. The van der Waals surface area contributed by atoms with E-state index >= 15 is 0 Å². The second kappa shape index (κ2) is 8.69. The Hall–Kier alpha value is -2.90. The Bertz CT molecular complexity index is 999. The van der Waals surface area contributed by atoms with E-state index in [0.717, 1.165) is 5.56 Å². The van der Waals surface area contributed by atoms with Crippen molar-refractivity contribution < 1.29 is 24.2 Å². The molecule has 8 heteroatoms. The van der Waals surface area contributed by atoms with Gasteiger partial charge in [0.1, 0.15) is 11.7 Å². The van der Waals surface area contributed by atoms with Crippen LogP contribution in [0.1, 0.15) is 40.4 Å². The van der Waals surface area contributed by atoms with Gasteiger partial charge in [-0.25, -0.2) is 9.79 Å². The van der Waals surface area contributed by atoms with Gasteiger partial charge in [-0.2, -0.15) is 0 Å². The molecule has 0 radical (unpaired) electrons. The quantitative estimate of drug-likeness (QED) is 0.339. The zero-order valence-electron chi connectivity index (χ0n) is 17.0. The zero-order valence-corrected chi connectivity index (χ0v) is 17.8. The lowest BCUT2D eigenvalue weighted by Gasteiger charge is -2.39. The van der Waals surface area contributed by atoms with E-state index in [9.17, 15) is 14.7 Å². The smallest absolute Gasteiger partial charge is 0.339 e. The van der Waals surface area contributed by atoms with Crippen molar-refractivity contribution in [2.24, 2.45) is 4.99 Å². The molecule has 162 valence electrons. The minimum absolute atomic E-state index is 0.262.